The van der Waals surface area contributed by atoms with Crippen molar-refractivity contribution in [2.24, 2.45) is 10.8 Å². The average molecular weight is 341 g/mol. The number of carbonyl (C=O) groups excluding carboxylic acids is 3. The Morgan fingerprint density at radius 2 is 1.96 bits per heavy atom. The molecule has 0 bridgehead atoms. The summed E-state index contributed by atoms with van der Waals surface area (Å²) >= 11 is 0. The fraction of sp³-hybridized carbons (Fsp3) is 0.824. The summed E-state index contributed by atoms with van der Waals surface area (Å²) in [5, 5.41) is 3.71. The minimum atomic E-state index is -0.524. The Bertz CT molecular complexity index is 457. The zero-order chi connectivity index (χ0) is 18.4. The molecule has 0 spiro atoms. The molecule has 1 heterocycles. The molecule has 0 aliphatic carbocycles. The first kappa shape index (κ1) is 20.4. The van der Waals surface area contributed by atoms with Crippen molar-refractivity contribution >= 4 is 18.3 Å². The maximum absolute atomic E-state index is 12.3. The summed E-state index contributed by atoms with van der Waals surface area (Å²) in [5.41, 5.74) is 2.96. The Labute approximate surface area is 144 Å². The molecule has 1 saturated heterocycles. The predicted molar refractivity (Wildman–Crippen MR) is 90.7 cm³/mol. The van der Waals surface area contributed by atoms with Crippen LogP contribution < -0.4 is 10.7 Å². The lowest BCUT2D eigenvalue weighted by molar-refractivity contribution is -0.155. The van der Waals surface area contributed by atoms with Gasteiger partial charge in [-0.3, -0.25) is 19.4 Å². The van der Waals surface area contributed by atoms with E-state index in [1.54, 1.807) is 0 Å². The minimum absolute atomic E-state index is 0.0864. The zero-order valence-electron chi connectivity index (χ0n) is 15.5. The molecule has 7 nitrogen and oxygen atoms in total. The molecular formula is C17H31N3O4. The van der Waals surface area contributed by atoms with Crippen molar-refractivity contribution in [3.63, 3.8) is 0 Å². The first-order valence-corrected chi connectivity index (χ1v) is 8.44. The molecule has 1 aliphatic heterocycles. The molecule has 24 heavy (non-hydrogen) atoms. The number of hydrogen-bond donors (Lipinski definition) is 2. The van der Waals surface area contributed by atoms with E-state index in [1.807, 2.05) is 0 Å². The van der Waals surface area contributed by atoms with Crippen LogP contribution in [0.4, 0.5) is 0 Å². The number of esters is 1. The summed E-state index contributed by atoms with van der Waals surface area (Å²) in [6.45, 7) is 11.4. The smallest absolute Gasteiger partial charge is 0.324 e. The van der Waals surface area contributed by atoms with Gasteiger partial charge in [-0.2, -0.15) is 0 Å². The van der Waals surface area contributed by atoms with E-state index in [0.29, 0.717) is 32.4 Å². The normalized spacial score (nSPS) is 18.9. The summed E-state index contributed by atoms with van der Waals surface area (Å²) in [7, 11) is 0. The van der Waals surface area contributed by atoms with Crippen molar-refractivity contribution in [1.82, 2.24) is 15.8 Å². The average Bonchev–Trinajstić information content (AvgIpc) is 2.48. The molecule has 1 rings (SSSR count). The number of amides is 2. The zero-order valence-corrected chi connectivity index (χ0v) is 15.5. The molecule has 0 unspecified atom stereocenters. The highest BCUT2D eigenvalue weighted by Gasteiger charge is 2.31. The molecule has 1 fully saturated rings. The van der Waals surface area contributed by atoms with Crippen molar-refractivity contribution in [1.29, 1.82) is 0 Å². The minimum Gasteiger partial charge on any atom is -0.464 e. The van der Waals surface area contributed by atoms with Crippen LogP contribution in [0, 0.1) is 10.8 Å². The maximum atomic E-state index is 12.3. The lowest BCUT2D eigenvalue weighted by Gasteiger charge is -2.35. The number of hydrazine groups is 1. The number of hydrogen-bond acceptors (Lipinski definition) is 5. The van der Waals surface area contributed by atoms with Crippen molar-refractivity contribution in [3.05, 3.63) is 0 Å². The van der Waals surface area contributed by atoms with Gasteiger partial charge in [0.25, 0.3) is 5.91 Å². The first-order chi connectivity index (χ1) is 11.0. The number of ether oxygens (including phenoxy) is 1. The molecule has 0 radical (unpaired) electrons. The van der Waals surface area contributed by atoms with Gasteiger partial charge in [-0.1, -0.05) is 34.6 Å². The summed E-state index contributed by atoms with van der Waals surface area (Å²) in [4.78, 5) is 34.5. The topological polar surface area (TPSA) is 87.7 Å². The molecular weight excluding hydrogens is 310 g/mol. The third kappa shape index (κ3) is 7.29. The SMILES string of the molecule is CC(C)(C)CC(C)(C)COC(=O)[C@@H]1CCCN(C(=O)CNC=O)N1. The van der Waals surface area contributed by atoms with Crippen LogP contribution in [0.5, 0.6) is 0 Å². The van der Waals surface area contributed by atoms with Gasteiger partial charge in [0.05, 0.1) is 13.2 Å². The van der Waals surface area contributed by atoms with Gasteiger partial charge in [-0.05, 0) is 30.1 Å². The highest BCUT2D eigenvalue weighted by molar-refractivity contribution is 5.81. The van der Waals surface area contributed by atoms with E-state index < -0.39 is 6.04 Å². The molecule has 1 atom stereocenters. The van der Waals surface area contributed by atoms with Crippen molar-refractivity contribution in [3.8, 4) is 0 Å². The number of nitrogens with zero attached hydrogens (tertiary/aromatic N) is 1. The molecule has 0 aromatic heterocycles. The van der Waals surface area contributed by atoms with E-state index in [0.717, 1.165) is 6.42 Å². The fourth-order valence-electron chi connectivity index (χ4n) is 3.22. The van der Waals surface area contributed by atoms with E-state index in [2.05, 4.69) is 45.4 Å². The molecule has 0 saturated carbocycles. The molecule has 7 heteroatoms. The lowest BCUT2D eigenvalue weighted by atomic mass is 9.77. The Morgan fingerprint density at radius 1 is 1.29 bits per heavy atom. The number of carbonyl (C=O) groups is 3. The number of rotatable bonds is 7. The van der Waals surface area contributed by atoms with Crippen LogP contribution in [0.2, 0.25) is 0 Å². The van der Waals surface area contributed by atoms with Gasteiger partial charge in [-0.15, -0.1) is 0 Å². The van der Waals surface area contributed by atoms with Gasteiger partial charge in [0.15, 0.2) is 0 Å². The van der Waals surface area contributed by atoms with Crippen molar-refractivity contribution in [2.45, 2.75) is 59.9 Å². The summed E-state index contributed by atoms with van der Waals surface area (Å²) in [6.07, 6.45) is 2.76. The fourth-order valence-corrected chi connectivity index (χ4v) is 3.22. The van der Waals surface area contributed by atoms with Gasteiger partial charge >= 0.3 is 5.97 Å². The van der Waals surface area contributed by atoms with Crippen molar-refractivity contribution < 1.29 is 19.1 Å². The van der Waals surface area contributed by atoms with Crippen LogP contribution in [-0.2, 0) is 19.1 Å². The summed E-state index contributed by atoms with van der Waals surface area (Å²) in [5.74, 6) is -0.606. The lowest BCUT2D eigenvalue weighted by Crippen LogP contribution is -2.57. The van der Waals surface area contributed by atoms with Gasteiger partial charge in [0, 0.05) is 6.54 Å². The molecule has 2 N–H and O–H groups in total. The highest BCUT2D eigenvalue weighted by atomic mass is 16.5. The van der Waals surface area contributed by atoms with Crippen LogP contribution in [0.25, 0.3) is 0 Å². The van der Waals surface area contributed by atoms with E-state index in [4.69, 9.17) is 4.74 Å². The molecule has 138 valence electrons. The van der Waals surface area contributed by atoms with E-state index >= 15 is 0 Å². The van der Waals surface area contributed by atoms with Gasteiger partial charge in [0.2, 0.25) is 6.41 Å². The maximum Gasteiger partial charge on any atom is 0.324 e. The Morgan fingerprint density at radius 3 is 2.54 bits per heavy atom. The quantitative estimate of drug-likeness (QED) is 0.537. The Balaban J connectivity index is 2.49. The van der Waals surface area contributed by atoms with Gasteiger partial charge < -0.3 is 10.1 Å². The third-order valence-corrected chi connectivity index (χ3v) is 3.72. The molecule has 2 amide bonds. The van der Waals surface area contributed by atoms with Crippen LogP contribution >= 0.6 is 0 Å². The molecule has 1 aliphatic rings. The highest BCUT2D eigenvalue weighted by Crippen LogP contribution is 2.33. The van der Waals surface area contributed by atoms with Crippen LogP contribution in [0.15, 0.2) is 0 Å². The predicted octanol–water partition coefficient (Wildman–Crippen LogP) is 1.23. The summed E-state index contributed by atoms with van der Waals surface area (Å²) < 4.78 is 5.49. The van der Waals surface area contributed by atoms with Gasteiger partial charge in [-0.25, -0.2) is 5.43 Å². The van der Waals surface area contributed by atoms with Crippen LogP contribution in [0.1, 0.15) is 53.9 Å². The molecule has 0 aromatic carbocycles. The van der Waals surface area contributed by atoms with E-state index in [9.17, 15) is 14.4 Å². The van der Waals surface area contributed by atoms with Gasteiger partial charge in [0.1, 0.15) is 6.04 Å². The second-order valence-corrected chi connectivity index (χ2v) is 8.38. The number of nitrogens with one attached hydrogen (secondary N) is 2. The monoisotopic (exact) mass is 341 g/mol. The second-order valence-electron chi connectivity index (χ2n) is 8.38. The largest absolute Gasteiger partial charge is 0.464 e. The Kier molecular flexibility index (Phi) is 7.20. The van der Waals surface area contributed by atoms with Crippen molar-refractivity contribution in [2.75, 3.05) is 19.7 Å². The standard InChI is InChI=1S/C17H31N3O4/c1-16(2,3)10-17(4,5)11-24-15(23)13-7-6-8-20(19-13)14(22)9-18-12-21/h12-13,19H,6-11H2,1-5H3,(H,18,21)/t13-/m0/s1. The van der Waals surface area contributed by atoms with Crippen LogP contribution in [0.3, 0.4) is 0 Å². The first-order valence-electron chi connectivity index (χ1n) is 8.44. The second kappa shape index (κ2) is 8.46. The van der Waals surface area contributed by atoms with E-state index in [1.165, 1.54) is 5.01 Å². The Hall–Kier alpha value is -1.63. The van der Waals surface area contributed by atoms with Crippen LogP contribution in [-0.4, -0.2) is 49.0 Å². The summed E-state index contributed by atoms with van der Waals surface area (Å²) in [6, 6.07) is -0.524. The molecule has 0 aromatic rings. The van der Waals surface area contributed by atoms with E-state index in [-0.39, 0.29) is 29.3 Å². The third-order valence-electron chi connectivity index (χ3n) is 3.72.